The SMILES string of the molecule is CCCNn1c(C)c(C(=O)O)c(C)c(Br)c1=O. The average Bonchev–Trinajstić information content (AvgIpc) is 2.26. The van der Waals surface area contributed by atoms with Gasteiger partial charge in [0.1, 0.15) is 0 Å². The lowest BCUT2D eigenvalue weighted by Crippen LogP contribution is -2.34. The van der Waals surface area contributed by atoms with E-state index in [0.29, 0.717) is 17.8 Å². The number of nitrogens with zero attached hydrogens (tertiary/aromatic N) is 1. The third-order valence-corrected chi connectivity index (χ3v) is 3.46. The number of carbonyl (C=O) groups is 1. The number of aromatic carboxylic acids is 1. The predicted molar refractivity (Wildman–Crippen MR) is 69.4 cm³/mol. The smallest absolute Gasteiger partial charge is 0.337 e. The average molecular weight is 303 g/mol. The van der Waals surface area contributed by atoms with Gasteiger partial charge in [0, 0.05) is 6.54 Å². The van der Waals surface area contributed by atoms with E-state index in [-0.39, 0.29) is 15.6 Å². The molecule has 94 valence electrons. The Morgan fingerprint density at radius 3 is 2.53 bits per heavy atom. The van der Waals surface area contributed by atoms with Gasteiger partial charge in [0.05, 0.1) is 15.7 Å². The van der Waals surface area contributed by atoms with Crippen molar-refractivity contribution in [1.82, 2.24) is 4.68 Å². The van der Waals surface area contributed by atoms with E-state index in [1.54, 1.807) is 13.8 Å². The normalized spacial score (nSPS) is 10.4. The number of aromatic nitrogens is 1. The summed E-state index contributed by atoms with van der Waals surface area (Å²) >= 11 is 3.14. The first-order chi connectivity index (χ1) is 7.91. The van der Waals surface area contributed by atoms with Crippen molar-refractivity contribution in [2.75, 3.05) is 12.0 Å². The molecule has 6 heteroatoms. The Kier molecular flexibility index (Phi) is 4.34. The van der Waals surface area contributed by atoms with Gasteiger partial charge >= 0.3 is 5.97 Å². The fraction of sp³-hybridized carbons (Fsp3) is 0.455. The predicted octanol–water partition coefficient (Wildman–Crippen LogP) is 1.88. The zero-order valence-electron chi connectivity index (χ0n) is 10.0. The molecular formula is C11H15BrN2O3. The summed E-state index contributed by atoms with van der Waals surface area (Å²) in [7, 11) is 0. The highest BCUT2D eigenvalue weighted by Gasteiger charge is 2.19. The van der Waals surface area contributed by atoms with Gasteiger partial charge < -0.3 is 10.5 Å². The van der Waals surface area contributed by atoms with Gasteiger partial charge in [-0.3, -0.25) is 4.79 Å². The maximum atomic E-state index is 12.0. The molecule has 1 aromatic heterocycles. The molecule has 1 aromatic rings. The lowest BCUT2D eigenvalue weighted by atomic mass is 10.1. The van der Waals surface area contributed by atoms with Gasteiger partial charge in [-0.05, 0) is 41.8 Å². The Labute approximate surface area is 108 Å². The summed E-state index contributed by atoms with van der Waals surface area (Å²) in [5, 5.41) is 9.15. The molecule has 0 unspecified atom stereocenters. The zero-order chi connectivity index (χ0) is 13.2. The molecule has 0 aliphatic heterocycles. The third kappa shape index (κ3) is 2.52. The molecule has 0 fully saturated rings. The lowest BCUT2D eigenvalue weighted by molar-refractivity contribution is 0.0694. The van der Waals surface area contributed by atoms with Gasteiger partial charge in [0.2, 0.25) is 0 Å². The van der Waals surface area contributed by atoms with Crippen LogP contribution in [0.3, 0.4) is 0 Å². The maximum Gasteiger partial charge on any atom is 0.337 e. The number of nitrogens with one attached hydrogen (secondary N) is 1. The number of pyridine rings is 1. The van der Waals surface area contributed by atoms with Crippen molar-refractivity contribution in [2.45, 2.75) is 27.2 Å². The van der Waals surface area contributed by atoms with Crippen molar-refractivity contribution < 1.29 is 9.90 Å². The van der Waals surface area contributed by atoms with Gasteiger partial charge in [0.15, 0.2) is 0 Å². The number of halogens is 1. The van der Waals surface area contributed by atoms with Crippen LogP contribution in [-0.4, -0.2) is 22.3 Å². The van der Waals surface area contributed by atoms with Crippen LogP contribution in [0.15, 0.2) is 9.27 Å². The van der Waals surface area contributed by atoms with Gasteiger partial charge in [0.25, 0.3) is 5.56 Å². The minimum absolute atomic E-state index is 0.153. The Balaban J connectivity index is 3.50. The van der Waals surface area contributed by atoms with E-state index < -0.39 is 5.97 Å². The fourth-order valence-corrected chi connectivity index (χ4v) is 2.01. The fourth-order valence-electron chi connectivity index (χ4n) is 1.63. The van der Waals surface area contributed by atoms with Crippen molar-refractivity contribution in [3.8, 4) is 0 Å². The molecule has 0 atom stereocenters. The monoisotopic (exact) mass is 302 g/mol. The van der Waals surface area contributed by atoms with E-state index in [1.807, 2.05) is 6.92 Å². The molecule has 5 nitrogen and oxygen atoms in total. The Bertz CT molecular complexity index is 508. The second kappa shape index (κ2) is 5.35. The van der Waals surface area contributed by atoms with E-state index in [2.05, 4.69) is 21.4 Å². The minimum atomic E-state index is -1.03. The van der Waals surface area contributed by atoms with Crippen LogP contribution >= 0.6 is 15.9 Å². The van der Waals surface area contributed by atoms with Crippen LogP contribution < -0.4 is 11.0 Å². The number of carboxylic acid groups (broad SMARTS) is 1. The zero-order valence-corrected chi connectivity index (χ0v) is 11.6. The number of rotatable bonds is 4. The molecule has 0 aliphatic carbocycles. The van der Waals surface area contributed by atoms with Crippen LogP contribution in [0.25, 0.3) is 0 Å². The number of carboxylic acids is 1. The Morgan fingerprint density at radius 2 is 2.06 bits per heavy atom. The summed E-state index contributed by atoms with van der Waals surface area (Å²) in [5.74, 6) is -1.03. The topological polar surface area (TPSA) is 71.3 Å². The van der Waals surface area contributed by atoms with Crippen molar-refractivity contribution in [3.63, 3.8) is 0 Å². The Morgan fingerprint density at radius 1 is 1.47 bits per heavy atom. The molecule has 0 saturated carbocycles. The quantitative estimate of drug-likeness (QED) is 0.891. The molecule has 0 radical (unpaired) electrons. The van der Waals surface area contributed by atoms with E-state index in [0.717, 1.165) is 6.42 Å². The summed E-state index contributed by atoms with van der Waals surface area (Å²) < 4.78 is 1.56. The first-order valence-corrected chi connectivity index (χ1v) is 6.10. The molecule has 1 heterocycles. The highest BCUT2D eigenvalue weighted by atomic mass is 79.9. The molecule has 0 saturated heterocycles. The van der Waals surface area contributed by atoms with Gasteiger partial charge in [-0.15, -0.1) is 0 Å². The molecule has 0 aromatic carbocycles. The first kappa shape index (κ1) is 13.8. The van der Waals surface area contributed by atoms with Crippen molar-refractivity contribution >= 4 is 21.9 Å². The van der Waals surface area contributed by atoms with Crippen molar-refractivity contribution in [2.24, 2.45) is 0 Å². The van der Waals surface area contributed by atoms with Gasteiger partial charge in [-0.2, -0.15) is 0 Å². The van der Waals surface area contributed by atoms with Crippen LogP contribution in [0.5, 0.6) is 0 Å². The Hall–Kier alpha value is -1.30. The second-order valence-electron chi connectivity index (χ2n) is 3.75. The first-order valence-electron chi connectivity index (χ1n) is 5.30. The third-order valence-electron chi connectivity index (χ3n) is 2.53. The summed E-state index contributed by atoms with van der Waals surface area (Å²) in [4.78, 5) is 23.1. The van der Waals surface area contributed by atoms with Crippen LogP contribution in [0.4, 0.5) is 0 Å². The van der Waals surface area contributed by atoms with Crippen LogP contribution in [0.1, 0.15) is 35.0 Å². The standard InChI is InChI=1S/C11H15BrN2O3/c1-4-5-13-14-7(3)8(11(16)17)6(2)9(12)10(14)15/h13H,4-5H2,1-3H3,(H,16,17). The van der Waals surface area contributed by atoms with E-state index in [1.165, 1.54) is 4.68 Å². The highest BCUT2D eigenvalue weighted by molar-refractivity contribution is 9.10. The van der Waals surface area contributed by atoms with E-state index in [9.17, 15) is 9.59 Å². The van der Waals surface area contributed by atoms with Crippen LogP contribution in [-0.2, 0) is 0 Å². The number of hydrogen-bond donors (Lipinski definition) is 2. The van der Waals surface area contributed by atoms with Gasteiger partial charge in [-0.25, -0.2) is 9.47 Å². The summed E-state index contributed by atoms with van der Waals surface area (Å²) in [6, 6.07) is 0. The number of hydrogen-bond acceptors (Lipinski definition) is 3. The minimum Gasteiger partial charge on any atom is -0.478 e. The molecule has 1 rings (SSSR count). The van der Waals surface area contributed by atoms with E-state index in [4.69, 9.17) is 5.11 Å². The largest absolute Gasteiger partial charge is 0.478 e. The molecule has 2 N–H and O–H groups in total. The summed E-state index contributed by atoms with van der Waals surface area (Å²) in [6.07, 6.45) is 0.847. The molecular weight excluding hydrogens is 288 g/mol. The highest BCUT2D eigenvalue weighted by Crippen LogP contribution is 2.18. The molecule has 0 aliphatic rings. The summed E-state index contributed by atoms with van der Waals surface area (Å²) in [6.45, 7) is 5.81. The van der Waals surface area contributed by atoms with E-state index >= 15 is 0 Å². The van der Waals surface area contributed by atoms with Crippen molar-refractivity contribution in [3.05, 3.63) is 31.6 Å². The molecule has 0 bridgehead atoms. The molecule has 17 heavy (non-hydrogen) atoms. The van der Waals surface area contributed by atoms with Crippen LogP contribution in [0, 0.1) is 13.8 Å². The second-order valence-corrected chi connectivity index (χ2v) is 4.55. The van der Waals surface area contributed by atoms with Gasteiger partial charge in [-0.1, -0.05) is 6.92 Å². The van der Waals surface area contributed by atoms with Crippen molar-refractivity contribution in [1.29, 1.82) is 0 Å². The molecule has 0 spiro atoms. The summed E-state index contributed by atoms with van der Waals surface area (Å²) in [5.41, 5.74) is 3.66. The maximum absolute atomic E-state index is 12.0. The molecule has 0 amide bonds. The van der Waals surface area contributed by atoms with Crippen LogP contribution in [0.2, 0.25) is 0 Å². The lowest BCUT2D eigenvalue weighted by Gasteiger charge is -2.16.